The molecule has 1 aromatic carbocycles. The second-order valence-electron chi connectivity index (χ2n) is 7.07. The van der Waals surface area contributed by atoms with E-state index in [9.17, 15) is 4.79 Å². The number of nitrogens with zero attached hydrogens (tertiary/aromatic N) is 4. The third-order valence-corrected chi connectivity index (χ3v) is 4.61. The second kappa shape index (κ2) is 8.31. The minimum absolute atomic E-state index is 0.0171. The van der Waals surface area contributed by atoms with Gasteiger partial charge in [0.15, 0.2) is 5.65 Å². The van der Waals surface area contributed by atoms with Gasteiger partial charge in [-0.05, 0) is 45.4 Å². The second-order valence-corrected chi connectivity index (χ2v) is 7.07. The number of hydrogen-bond acceptors (Lipinski definition) is 4. The van der Waals surface area contributed by atoms with Crippen LogP contribution in [0.3, 0.4) is 0 Å². The van der Waals surface area contributed by atoms with Gasteiger partial charge < -0.3 is 10.6 Å². The van der Waals surface area contributed by atoms with E-state index in [2.05, 4.69) is 23.9 Å². The highest BCUT2D eigenvalue weighted by Gasteiger charge is 2.20. The van der Waals surface area contributed by atoms with Crippen molar-refractivity contribution in [3.63, 3.8) is 0 Å². The minimum atomic E-state index is -0.0171. The van der Waals surface area contributed by atoms with Gasteiger partial charge in [0.1, 0.15) is 0 Å². The van der Waals surface area contributed by atoms with Crippen molar-refractivity contribution in [1.29, 1.82) is 0 Å². The number of fused-ring (bicyclic) bond motifs is 1. The number of amides is 1. The maximum atomic E-state index is 13.3. The lowest BCUT2D eigenvalue weighted by Gasteiger charge is -2.23. The number of carbonyl (C=O) groups is 1. The number of nitrogens with two attached hydrogens (primary N) is 1. The highest BCUT2D eigenvalue weighted by Crippen LogP contribution is 2.21. The summed E-state index contributed by atoms with van der Waals surface area (Å²) in [6, 6.07) is 12.1. The van der Waals surface area contributed by atoms with Gasteiger partial charge in [-0.2, -0.15) is 5.10 Å². The van der Waals surface area contributed by atoms with E-state index in [0.717, 1.165) is 28.7 Å². The SMILES string of the molecule is Cc1nc2c(cnn2C(C)C)cc1C(=O)N(CCCN)Cc1ccccc1. The van der Waals surface area contributed by atoms with Crippen LogP contribution in [-0.2, 0) is 6.54 Å². The normalized spacial score (nSPS) is 11.3. The van der Waals surface area contributed by atoms with E-state index in [1.165, 1.54) is 0 Å². The molecule has 6 nitrogen and oxygen atoms in total. The molecular weight excluding hydrogens is 338 g/mol. The quantitative estimate of drug-likeness (QED) is 0.697. The Balaban J connectivity index is 1.93. The van der Waals surface area contributed by atoms with Crippen molar-refractivity contribution in [3.05, 3.63) is 59.4 Å². The van der Waals surface area contributed by atoms with Crippen molar-refractivity contribution >= 4 is 16.9 Å². The van der Waals surface area contributed by atoms with Crippen LogP contribution in [0.25, 0.3) is 11.0 Å². The van der Waals surface area contributed by atoms with Crippen molar-refractivity contribution in [2.75, 3.05) is 13.1 Å². The van der Waals surface area contributed by atoms with E-state index in [4.69, 9.17) is 5.73 Å². The number of pyridine rings is 1. The fraction of sp³-hybridized carbons (Fsp3) is 0.381. The van der Waals surface area contributed by atoms with Crippen LogP contribution in [-0.4, -0.2) is 38.7 Å². The summed E-state index contributed by atoms with van der Waals surface area (Å²) in [5.41, 5.74) is 8.94. The van der Waals surface area contributed by atoms with Crippen LogP contribution in [0.1, 0.15) is 47.9 Å². The first-order valence-electron chi connectivity index (χ1n) is 9.39. The van der Waals surface area contributed by atoms with Crippen molar-refractivity contribution in [2.45, 2.75) is 39.8 Å². The van der Waals surface area contributed by atoms with Gasteiger partial charge in [-0.25, -0.2) is 9.67 Å². The summed E-state index contributed by atoms with van der Waals surface area (Å²) in [6.45, 7) is 7.74. The first-order valence-corrected chi connectivity index (χ1v) is 9.39. The zero-order chi connectivity index (χ0) is 19.4. The zero-order valence-corrected chi connectivity index (χ0v) is 16.2. The summed E-state index contributed by atoms with van der Waals surface area (Å²) < 4.78 is 1.88. The van der Waals surface area contributed by atoms with E-state index in [-0.39, 0.29) is 11.9 Å². The fourth-order valence-electron chi connectivity index (χ4n) is 3.17. The van der Waals surface area contributed by atoms with Gasteiger partial charge in [0.2, 0.25) is 0 Å². The molecule has 2 heterocycles. The molecular formula is C21H27N5O. The van der Waals surface area contributed by atoms with E-state index in [0.29, 0.717) is 25.2 Å². The molecule has 0 aliphatic heterocycles. The highest BCUT2D eigenvalue weighted by molar-refractivity contribution is 5.98. The molecule has 0 atom stereocenters. The molecule has 0 fully saturated rings. The molecule has 0 saturated heterocycles. The standard InChI is InChI=1S/C21H27N5O/c1-15(2)26-20-18(13-23-26)12-19(16(3)24-20)21(27)25(11-7-10-22)14-17-8-5-4-6-9-17/h4-6,8-9,12-13,15H,7,10-11,14,22H2,1-3H3. The first kappa shape index (κ1) is 19.0. The van der Waals surface area contributed by atoms with Crippen LogP contribution in [0.15, 0.2) is 42.6 Å². The van der Waals surface area contributed by atoms with Crippen molar-refractivity contribution < 1.29 is 4.79 Å². The summed E-state index contributed by atoms with van der Waals surface area (Å²) in [7, 11) is 0. The average Bonchev–Trinajstić information content (AvgIpc) is 3.07. The molecule has 6 heteroatoms. The van der Waals surface area contributed by atoms with Crippen LogP contribution in [0, 0.1) is 6.92 Å². The van der Waals surface area contributed by atoms with Crippen LogP contribution in [0.4, 0.5) is 0 Å². The Labute approximate surface area is 160 Å². The molecule has 0 bridgehead atoms. The minimum Gasteiger partial charge on any atom is -0.334 e. The average molecular weight is 365 g/mol. The number of rotatable bonds is 7. The molecule has 2 N–H and O–H groups in total. The van der Waals surface area contributed by atoms with Crippen LogP contribution in [0.5, 0.6) is 0 Å². The molecule has 0 saturated carbocycles. The Bertz CT molecular complexity index is 917. The van der Waals surface area contributed by atoms with Crippen LogP contribution < -0.4 is 5.73 Å². The van der Waals surface area contributed by atoms with Gasteiger partial charge in [-0.15, -0.1) is 0 Å². The van der Waals surface area contributed by atoms with Gasteiger partial charge >= 0.3 is 0 Å². The molecule has 0 spiro atoms. The molecule has 1 amide bonds. The third kappa shape index (κ3) is 4.17. The van der Waals surface area contributed by atoms with Gasteiger partial charge in [-0.1, -0.05) is 30.3 Å². The smallest absolute Gasteiger partial charge is 0.256 e. The summed E-state index contributed by atoms with van der Waals surface area (Å²) in [6.07, 6.45) is 2.54. The molecule has 0 unspecified atom stereocenters. The molecule has 0 aliphatic carbocycles. The fourth-order valence-corrected chi connectivity index (χ4v) is 3.17. The molecule has 3 aromatic rings. The van der Waals surface area contributed by atoms with Crippen LogP contribution in [0.2, 0.25) is 0 Å². The predicted octanol–water partition coefficient (Wildman–Crippen LogP) is 3.31. The monoisotopic (exact) mass is 365 g/mol. The summed E-state index contributed by atoms with van der Waals surface area (Å²) in [5, 5.41) is 5.30. The van der Waals surface area contributed by atoms with E-state index in [1.54, 1.807) is 6.20 Å². The molecule has 0 aliphatic rings. The Morgan fingerprint density at radius 1 is 1.26 bits per heavy atom. The van der Waals surface area contributed by atoms with E-state index < -0.39 is 0 Å². The first-order chi connectivity index (χ1) is 13.0. The van der Waals surface area contributed by atoms with Gasteiger partial charge in [0.25, 0.3) is 5.91 Å². The lowest BCUT2D eigenvalue weighted by Crippen LogP contribution is -2.33. The summed E-state index contributed by atoms with van der Waals surface area (Å²) in [4.78, 5) is 19.8. The Morgan fingerprint density at radius 3 is 2.67 bits per heavy atom. The van der Waals surface area contributed by atoms with Crippen LogP contribution >= 0.6 is 0 Å². The molecule has 3 rings (SSSR count). The Morgan fingerprint density at radius 2 is 2.00 bits per heavy atom. The van der Waals surface area contributed by atoms with Gasteiger partial charge in [0, 0.05) is 24.5 Å². The number of carbonyl (C=O) groups excluding carboxylic acids is 1. The Kier molecular flexibility index (Phi) is 5.86. The van der Waals surface area contributed by atoms with E-state index in [1.807, 2.05) is 52.9 Å². The third-order valence-electron chi connectivity index (χ3n) is 4.61. The molecule has 142 valence electrons. The van der Waals surface area contributed by atoms with Crippen molar-refractivity contribution in [3.8, 4) is 0 Å². The lowest BCUT2D eigenvalue weighted by molar-refractivity contribution is 0.0741. The molecule has 27 heavy (non-hydrogen) atoms. The maximum absolute atomic E-state index is 13.3. The predicted molar refractivity (Wildman–Crippen MR) is 108 cm³/mol. The van der Waals surface area contributed by atoms with Crippen molar-refractivity contribution in [2.24, 2.45) is 5.73 Å². The van der Waals surface area contributed by atoms with Gasteiger partial charge in [0.05, 0.1) is 17.5 Å². The zero-order valence-electron chi connectivity index (χ0n) is 16.2. The largest absolute Gasteiger partial charge is 0.334 e. The molecule has 2 aromatic heterocycles. The maximum Gasteiger partial charge on any atom is 0.256 e. The van der Waals surface area contributed by atoms with Crippen molar-refractivity contribution in [1.82, 2.24) is 19.7 Å². The van der Waals surface area contributed by atoms with Gasteiger partial charge in [-0.3, -0.25) is 4.79 Å². The topological polar surface area (TPSA) is 77.0 Å². The Hall–Kier alpha value is -2.73. The van der Waals surface area contributed by atoms with E-state index >= 15 is 0 Å². The number of hydrogen-bond donors (Lipinski definition) is 1. The number of benzene rings is 1. The number of aromatic nitrogens is 3. The molecule has 0 radical (unpaired) electrons. The lowest BCUT2D eigenvalue weighted by atomic mass is 10.1. The highest BCUT2D eigenvalue weighted by atomic mass is 16.2. The number of aryl methyl sites for hydroxylation is 1. The summed E-state index contributed by atoms with van der Waals surface area (Å²) in [5.74, 6) is -0.0171. The summed E-state index contributed by atoms with van der Waals surface area (Å²) >= 11 is 0.